The number of rotatable bonds is 57. The highest BCUT2D eigenvalue weighted by atomic mass is 32.1. The van der Waals surface area contributed by atoms with Crippen LogP contribution in [0.4, 0.5) is 0 Å². The summed E-state index contributed by atoms with van der Waals surface area (Å²) >= 11 is 26.9. The van der Waals surface area contributed by atoms with Gasteiger partial charge in [0.25, 0.3) is 0 Å². The van der Waals surface area contributed by atoms with E-state index < -0.39 is 28.1 Å². The molecule has 0 heterocycles. The fraction of sp³-hybridized carbons (Fsp3) is 1.00. The molecule has 0 radical (unpaired) electrons. The molecule has 64 heavy (non-hydrogen) atoms. The van der Waals surface area contributed by atoms with Crippen LogP contribution in [0.3, 0.4) is 0 Å². The van der Waals surface area contributed by atoms with Crippen LogP contribution in [0.2, 0.25) is 0 Å². The van der Waals surface area contributed by atoms with Crippen LogP contribution in [0, 0.1) is 0 Å². The third kappa shape index (κ3) is 52.5. The van der Waals surface area contributed by atoms with Crippen LogP contribution in [0.5, 0.6) is 0 Å². The van der Waals surface area contributed by atoms with E-state index in [-0.39, 0.29) is 0 Å². The van der Waals surface area contributed by atoms with E-state index in [2.05, 4.69) is 50.5 Å². The maximum Gasteiger partial charge on any atom is 0.333 e. The SMILES string of the molecule is SCCCCCCCCCCCCOP(OCCCCCCCCCCCCS)OC(S)C(S)OP(OCCCCCCCCCCCCS)OCCCCCCCCCCCCS. The van der Waals surface area contributed by atoms with Crippen molar-refractivity contribution in [3.8, 4) is 0 Å². The van der Waals surface area contributed by atoms with E-state index in [1.807, 2.05) is 0 Å². The molecule has 0 saturated heterocycles. The van der Waals surface area contributed by atoms with Crippen molar-refractivity contribution in [2.45, 2.75) is 268 Å². The number of thiol groups is 6. The average Bonchev–Trinajstić information content (AvgIpc) is 3.30. The molecule has 386 valence electrons. The fourth-order valence-electron chi connectivity index (χ4n) is 7.55. The highest BCUT2D eigenvalue weighted by Crippen LogP contribution is 2.47. The summed E-state index contributed by atoms with van der Waals surface area (Å²) in [5, 5.41) is 0. The first-order chi connectivity index (χ1) is 31.6. The van der Waals surface area contributed by atoms with Crippen LogP contribution in [0.15, 0.2) is 0 Å². The molecule has 2 unspecified atom stereocenters. The summed E-state index contributed by atoms with van der Waals surface area (Å²) in [6, 6.07) is 0. The summed E-state index contributed by atoms with van der Waals surface area (Å²) in [6.45, 7) is 2.48. The molecule has 14 heteroatoms. The molecule has 6 nitrogen and oxygen atoms in total. The Bertz CT molecular complexity index is 745. The first-order valence-electron chi connectivity index (χ1n) is 26.8. The van der Waals surface area contributed by atoms with Gasteiger partial charge in [-0.2, -0.15) is 50.5 Å². The third-order valence-electron chi connectivity index (χ3n) is 11.6. The summed E-state index contributed by atoms with van der Waals surface area (Å²) in [5.74, 6) is 4.05. The lowest BCUT2D eigenvalue weighted by Crippen LogP contribution is -2.20. The molecule has 0 aliphatic heterocycles. The van der Waals surface area contributed by atoms with Gasteiger partial charge in [-0.15, -0.1) is 25.3 Å². The van der Waals surface area contributed by atoms with Crippen molar-refractivity contribution < 1.29 is 27.1 Å². The molecule has 0 N–H and O–H groups in total. The minimum atomic E-state index is -1.58. The number of unbranched alkanes of at least 4 members (excludes halogenated alkanes) is 36. The molecular weight excluding hydrogens is 951 g/mol. The van der Waals surface area contributed by atoms with E-state index in [9.17, 15) is 0 Å². The molecule has 0 bridgehead atoms. The molecular formula is C50H104O6P2S6. The van der Waals surface area contributed by atoms with Gasteiger partial charge < -0.3 is 18.1 Å². The van der Waals surface area contributed by atoms with Crippen molar-refractivity contribution in [2.24, 2.45) is 0 Å². The van der Waals surface area contributed by atoms with Crippen molar-refractivity contribution in [1.29, 1.82) is 0 Å². The van der Waals surface area contributed by atoms with E-state index in [1.165, 1.54) is 205 Å². The molecule has 0 aliphatic rings. The molecule has 0 fully saturated rings. The Labute approximate surface area is 434 Å². The van der Waals surface area contributed by atoms with Gasteiger partial charge in [0, 0.05) is 0 Å². The topological polar surface area (TPSA) is 55.4 Å². The molecule has 0 spiro atoms. The van der Waals surface area contributed by atoms with Gasteiger partial charge in [-0.1, -0.05) is 205 Å². The minimum Gasteiger partial charge on any atom is -0.312 e. The summed E-state index contributed by atoms with van der Waals surface area (Å²) < 4.78 is 37.7. The summed E-state index contributed by atoms with van der Waals surface area (Å²) in [4.78, 5) is 0. The molecule has 2 atom stereocenters. The molecule has 0 saturated carbocycles. The third-order valence-corrected chi connectivity index (χ3v) is 16.6. The highest BCUT2D eigenvalue weighted by Gasteiger charge is 2.27. The predicted molar refractivity (Wildman–Crippen MR) is 305 cm³/mol. The van der Waals surface area contributed by atoms with Gasteiger partial charge in [0.05, 0.1) is 26.4 Å². The first kappa shape index (κ1) is 66.7. The van der Waals surface area contributed by atoms with Crippen molar-refractivity contribution >= 4 is 93.0 Å². The van der Waals surface area contributed by atoms with E-state index in [0.29, 0.717) is 26.4 Å². The lowest BCUT2D eigenvalue weighted by Gasteiger charge is -2.26. The van der Waals surface area contributed by atoms with Crippen molar-refractivity contribution in [3.05, 3.63) is 0 Å². The molecule has 0 aromatic heterocycles. The van der Waals surface area contributed by atoms with Crippen LogP contribution in [0.25, 0.3) is 0 Å². The molecule has 0 aromatic rings. The fourth-order valence-corrected chi connectivity index (χ4v) is 11.3. The van der Waals surface area contributed by atoms with E-state index >= 15 is 0 Å². The standard InChI is InChI=1S/C50H104O6P2S6/c59-45-37-29-21-13-5-1-9-17-25-33-41-51-57(52-42-34-26-18-10-2-6-14-22-30-38-46-60)55-49(63)50(64)56-58(53-43-35-27-19-11-3-7-15-23-31-39-47-61)54-44-36-28-20-12-4-8-16-24-32-40-48-62/h49-50,59-64H,1-48H2. The Morgan fingerprint density at radius 3 is 0.516 bits per heavy atom. The Kier molecular flexibility index (Phi) is 60.8. The maximum atomic E-state index is 6.31. The van der Waals surface area contributed by atoms with E-state index in [4.69, 9.17) is 52.4 Å². The Balaban J connectivity index is 4.91. The van der Waals surface area contributed by atoms with Gasteiger partial charge in [0.2, 0.25) is 0 Å². The second-order valence-electron chi connectivity index (χ2n) is 17.8. The number of hydrogen-bond acceptors (Lipinski definition) is 12. The Hall–Kier alpha value is 2.72. The monoisotopic (exact) mass is 1050 g/mol. The first-order valence-corrected chi connectivity index (χ1v) is 32.6. The lowest BCUT2D eigenvalue weighted by atomic mass is 10.1. The van der Waals surface area contributed by atoms with E-state index in [0.717, 1.165) is 74.4 Å². The molecule has 0 amide bonds. The van der Waals surface area contributed by atoms with Gasteiger partial charge in [0.1, 0.15) is 10.9 Å². The van der Waals surface area contributed by atoms with Gasteiger partial charge in [-0.3, -0.25) is 9.05 Å². The zero-order valence-corrected chi connectivity index (χ0v) is 48.3. The number of hydrogen-bond donors (Lipinski definition) is 6. The maximum absolute atomic E-state index is 6.31. The van der Waals surface area contributed by atoms with Crippen molar-refractivity contribution in [3.63, 3.8) is 0 Å². The Morgan fingerprint density at radius 1 is 0.219 bits per heavy atom. The van der Waals surface area contributed by atoms with Crippen LogP contribution < -0.4 is 0 Å². The molecule has 0 aromatic carbocycles. The van der Waals surface area contributed by atoms with Gasteiger partial charge >= 0.3 is 17.2 Å². The minimum absolute atomic E-state index is 0.619. The second-order valence-corrected chi connectivity index (χ2v) is 23.0. The van der Waals surface area contributed by atoms with Gasteiger partial charge in [0.15, 0.2) is 0 Å². The lowest BCUT2D eigenvalue weighted by molar-refractivity contribution is 0.0912. The smallest absolute Gasteiger partial charge is 0.312 e. The second kappa shape index (κ2) is 58.3. The van der Waals surface area contributed by atoms with Crippen molar-refractivity contribution in [1.82, 2.24) is 0 Å². The molecule has 0 aliphatic carbocycles. The Morgan fingerprint density at radius 2 is 0.359 bits per heavy atom. The molecule has 0 rings (SSSR count). The zero-order valence-electron chi connectivity index (χ0n) is 41.1. The quantitative estimate of drug-likeness (QED) is 0.0158. The van der Waals surface area contributed by atoms with E-state index in [1.54, 1.807) is 0 Å². The van der Waals surface area contributed by atoms with Crippen LogP contribution in [0.1, 0.15) is 257 Å². The van der Waals surface area contributed by atoms with Crippen molar-refractivity contribution in [2.75, 3.05) is 49.4 Å². The predicted octanol–water partition coefficient (Wildman–Crippen LogP) is 19.4. The summed E-state index contributed by atoms with van der Waals surface area (Å²) in [6.07, 6.45) is 50.5. The largest absolute Gasteiger partial charge is 0.333 e. The van der Waals surface area contributed by atoms with Crippen LogP contribution in [-0.4, -0.2) is 60.3 Å². The van der Waals surface area contributed by atoms with Crippen LogP contribution >= 0.6 is 93.0 Å². The van der Waals surface area contributed by atoms with Crippen LogP contribution in [-0.2, 0) is 27.1 Å². The summed E-state index contributed by atoms with van der Waals surface area (Å²) in [7, 11) is -3.17. The zero-order chi connectivity index (χ0) is 46.5. The summed E-state index contributed by atoms with van der Waals surface area (Å²) in [5.41, 5.74) is -1.30. The van der Waals surface area contributed by atoms with Gasteiger partial charge in [-0.05, 0) is 74.4 Å². The normalized spacial score (nSPS) is 12.9. The van der Waals surface area contributed by atoms with Gasteiger partial charge in [-0.25, -0.2) is 0 Å². The average molecular weight is 1060 g/mol. The highest BCUT2D eigenvalue weighted by molar-refractivity contribution is 7.85.